The quantitative estimate of drug-likeness (QED) is 0.589. The molecule has 0 aromatic carbocycles. The maximum atomic E-state index is 10.8. The van der Waals surface area contributed by atoms with Crippen molar-refractivity contribution in [3.8, 4) is 0 Å². The largest absolute Gasteiger partial charge is 0.369 e. The molecule has 0 heterocycles. The van der Waals surface area contributed by atoms with Crippen LogP contribution in [0.1, 0.15) is 25.7 Å². The van der Waals surface area contributed by atoms with E-state index in [0.717, 1.165) is 32.0 Å². The fraction of sp³-hybridized carbons (Fsp3) is 0.750. The van der Waals surface area contributed by atoms with E-state index in [9.17, 15) is 9.59 Å². The van der Waals surface area contributed by atoms with Gasteiger partial charge in [0.1, 0.15) is 6.29 Å². The molecule has 0 aromatic rings. The van der Waals surface area contributed by atoms with Gasteiger partial charge in [0.2, 0.25) is 5.91 Å². The summed E-state index contributed by atoms with van der Waals surface area (Å²) < 4.78 is 0. The third-order valence-corrected chi connectivity index (χ3v) is 2.36. The topological polar surface area (TPSA) is 60.2 Å². The molecule has 1 saturated carbocycles. The molecule has 0 spiro atoms. The maximum absolute atomic E-state index is 10.8. The lowest BCUT2D eigenvalue weighted by Crippen LogP contribution is -2.33. The maximum Gasteiger partial charge on any atom is 0.221 e. The second kappa shape index (κ2) is 3.51. The van der Waals surface area contributed by atoms with Crippen LogP contribution in [0.3, 0.4) is 0 Å². The molecule has 3 heteroatoms. The van der Waals surface area contributed by atoms with Crippen molar-refractivity contribution in [3.05, 3.63) is 0 Å². The molecule has 0 aliphatic heterocycles. The Labute approximate surface area is 66.0 Å². The molecular formula is C8H13NO2. The van der Waals surface area contributed by atoms with E-state index in [0.29, 0.717) is 0 Å². The summed E-state index contributed by atoms with van der Waals surface area (Å²) in [4.78, 5) is 21.3. The molecule has 0 aromatic heterocycles. The standard InChI is InChI=1S/C8H13NO2/c9-8(11)7-4-2-1-3-6(7)5-10/h5-7H,1-4H2,(H2,9,11)/t6-,7+/m0/s1. The lowest BCUT2D eigenvalue weighted by atomic mass is 9.80. The SMILES string of the molecule is NC(=O)[C@@H]1CCCC[C@H]1C=O. The van der Waals surface area contributed by atoms with Crippen LogP contribution in [0, 0.1) is 11.8 Å². The summed E-state index contributed by atoms with van der Waals surface area (Å²) in [7, 11) is 0. The zero-order valence-electron chi connectivity index (χ0n) is 6.45. The van der Waals surface area contributed by atoms with Crippen LogP contribution >= 0.6 is 0 Å². The van der Waals surface area contributed by atoms with Gasteiger partial charge in [-0.3, -0.25) is 4.79 Å². The highest BCUT2D eigenvalue weighted by atomic mass is 16.1. The van der Waals surface area contributed by atoms with E-state index in [2.05, 4.69) is 0 Å². The van der Waals surface area contributed by atoms with E-state index in [1.807, 2.05) is 0 Å². The minimum Gasteiger partial charge on any atom is -0.369 e. The van der Waals surface area contributed by atoms with Crippen molar-refractivity contribution in [2.75, 3.05) is 0 Å². The molecule has 1 aliphatic rings. The number of aldehydes is 1. The highest BCUT2D eigenvalue weighted by molar-refractivity contribution is 5.80. The lowest BCUT2D eigenvalue weighted by Gasteiger charge is -2.24. The van der Waals surface area contributed by atoms with Crippen LogP contribution in [0.2, 0.25) is 0 Å². The number of hydrogen-bond donors (Lipinski definition) is 1. The number of hydrogen-bond acceptors (Lipinski definition) is 2. The van der Waals surface area contributed by atoms with Crippen LogP contribution < -0.4 is 5.73 Å². The van der Waals surface area contributed by atoms with Gasteiger partial charge in [0.15, 0.2) is 0 Å². The first-order valence-electron chi connectivity index (χ1n) is 4.00. The molecule has 62 valence electrons. The van der Waals surface area contributed by atoms with Gasteiger partial charge in [-0.15, -0.1) is 0 Å². The van der Waals surface area contributed by atoms with Gasteiger partial charge >= 0.3 is 0 Å². The Kier molecular flexibility index (Phi) is 2.63. The Balaban J connectivity index is 2.58. The van der Waals surface area contributed by atoms with E-state index < -0.39 is 0 Å². The molecule has 0 bridgehead atoms. The van der Waals surface area contributed by atoms with Crippen LogP contribution in [-0.2, 0) is 9.59 Å². The monoisotopic (exact) mass is 155 g/mol. The van der Waals surface area contributed by atoms with Crippen LogP contribution in [-0.4, -0.2) is 12.2 Å². The smallest absolute Gasteiger partial charge is 0.221 e. The number of carbonyl (C=O) groups is 2. The van der Waals surface area contributed by atoms with E-state index in [1.54, 1.807) is 0 Å². The van der Waals surface area contributed by atoms with Crippen molar-refractivity contribution in [2.45, 2.75) is 25.7 Å². The fourth-order valence-corrected chi connectivity index (χ4v) is 1.68. The second-order valence-corrected chi connectivity index (χ2v) is 3.09. The normalized spacial score (nSPS) is 31.3. The molecule has 1 aliphatic carbocycles. The highest BCUT2D eigenvalue weighted by Crippen LogP contribution is 2.27. The van der Waals surface area contributed by atoms with Gasteiger partial charge in [-0.05, 0) is 12.8 Å². The van der Waals surface area contributed by atoms with E-state index in [-0.39, 0.29) is 17.7 Å². The molecule has 0 radical (unpaired) electrons. The first-order valence-corrected chi connectivity index (χ1v) is 4.00. The summed E-state index contributed by atoms with van der Waals surface area (Å²) in [5.74, 6) is -0.621. The number of rotatable bonds is 2. The molecule has 1 rings (SSSR count). The van der Waals surface area contributed by atoms with Crippen molar-refractivity contribution < 1.29 is 9.59 Å². The van der Waals surface area contributed by atoms with E-state index in [4.69, 9.17) is 5.73 Å². The molecule has 1 amide bonds. The number of carbonyl (C=O) groups excluding carboxylic acids is 2. The molecule has 0 saturated heterocycles. The molecule has 2 atom stereocenters. The van der Waals surface area contributed by atoms with Crippen LogP contribution in [0.5, 0.6) is 0 Å². The van der Waals surface area contributed by atoms with Crippen molar-refractivity contribution >= 4 is 12.2 Å². The predicted molar refractivity (Wildman–Crippen MR) is 40.7 cm³/mol. The average Bonchev–Trinajstić information content (AvgIpc) is 2.04. The minimum atomic E-state index is -0.318. The summed E-state index contributed by atoms with van der Waals surface area (Å²) in [5, 5.41) is 0. The molecule has 11 heavy (non-hydrogen) atoms. The Morgan fingerprint density at radius 1 is 1.36 bits per heavy atom. The number of nitrogens with two attached hydrogens (primary N) is 1. The van der Waals surface area contributed by atoms with Gasteiger partial charge < -0.3 is 10.5 Å². The summed E-state index contributed by atoms with van der Waals surface area (Å²) in [6.45, 7) is 0. The zero-order chi connectivity index (χ0) is 8.27. The summed E-state index contributed by atoms with van der Waals surface area (Å²) in [5.41, 5.74) is 5.14. The van der Waals surface area contributed by atoms with Gasteiger partial charge in [0.05, 0.1) is 0 Å². The van der Waals surface area contributed by atoms with Gasteiger partial charge in [0.25, 0.3) is 0 Å². The summed E-state index contributed by atoms with van der Waals surface area (Å²) in [6.07, 6.45) is 4.57. The van der Waals surface area contributed by atoms with Crippen LogP contribution in [0.25, 0.3) is 0 Å². The molecular weight excluding hydrogens is 142 g/mol. The van der Waals surface area contributed by atoms with E-state index in [1.165, 1.54) is 0 Å². The third kappa shape index (κ3) is 1.79. The Bertz CT molecular complexity index is 167. The predicted octanol–water partition coefficient (Wildman–Crippen LogP) is 0.477. The Morgan fingerprint density at radius 3 is 2.45 bits per heavy atom. The third-order valence-electron chi connectivity index (χ3n) is 2.36. The van der Waals surface area contributed by atoms with Crippen molar-refractivity contribution in [3.63, 3.8) is 0 Å². The van der Waals surface area contributed by atoms with E-state index >= 15 is 0 Å². The fourth-order valence-electron chi connectivity index (χ4n) is 1.68. The van der Waals surface area contributed by atoms with Gasteiger partial charge in [0, 0.05) is 11.8 Å². The summed E-state index contributed by atoms with van der Waals surface area (Å²) in [6, 6.07) is 0. The summed E-state index contributed by atoms with van der Waals surface area (Å²) >= 11 is 0. The molecule has 2 N–H and O–H groups in total. The van der Waals surface area contributed by atoms with Gasteiger partial charge in [-0.25, -0.2) is 0 Å². The Morgan fingerprint density at radius 2 is 2.00 bits per heavy atom. The minimum absolute atomic E-state index is 0.110. The Hall–Kier alpha value is -0.860. The number of amides is 1. The van der Waals surface area contributed by atoms with Gasteiger partial charge in [-0.1, -0.05) is 12.8 Å². The first kappa shape index (κ1) is 8.24. The lowest BCUT2D eigenvalue weighted by molar-refractivity contribution is -0.128. The molecule has 0 unspecified atom stereocenters. The van der Waals surface area contributed by atoms with Crippen molar-refractivity contribution in [2.24, 2.45) is 17.6 Å². The van der Waals surface area contributed by atoms with Crippen LogP contribution in [0.4, 0.5) is 0 Å². The number of primary amides is 1. The molecule has 3 nitrogen and oxygen atoms in total. The zero-order valence-corrected chi connectivity index (χ0v) is 6.45. The van der Waals surface area contributed by atoms with Crippen LogP contribution in [0.15, 0.2) is 0 Å². The highest BCUT2D eigenvalue weighted by Gasteiger charge is 2.28. The first-order chi connectivity index (χ1) is 5.25. The van der Waals surface area contributed by atoms with Crippen molar-refractivity contribution in [1.29, 1.82) is 0 Å². The second-order valence-electron chi connectivity index (χ2n) is 3.09. The van der Waals surface area contributed by atoms with Crippen molar-refractivity contribution in [1.82, 2.24) is 0 Å². The average molecular weight is 155 g/mol. The molecule has 1 fully saturated rings. The van der Waals surface area contributed by atoms with Gasteiger partial charge in [-0.2, -0.15) is 0 Å².